The zero-order valence-corrected chi connectivity index (χ0v) is 19.8. The number of carbonyl (C=O) groups excluding carboxylic acids is 1. The van der Waals surface area contributed by atoms with E-state index in [2.05, 4.69) is 10.3 Å². The molecule has 1 aromatic heterocycles. The fraction of sp³-hybridized carbons (Fsp3) is 0.192. The normalized spacial score (nSPS) is 11.0. The Kier molecular flexibility index (Phi) is 7.30. The molecule has 0 aliphatic heterocycles. The maximum absolute atomic E-state index is 12.8. The van der Waals surface area contributed by atoms with Crippen LogP contribution < -0.4 is 16.6 Å². The molecule has 4 aromatic rings. The number of hydrogen-bond acceptors (Lipinski definition) is 5. The average Bonchev–Trinajstić information content (AvgIpc) is 2.83. The summed E-state index contributed by atoms with van der Waals surface area (Å²) in [5, 5.41) is 5.26. The summed E-state index contributed by atoms with van der Waals surface area (Å²) in [4.78, 5) is 40.5. The van der Waals surface area contributed by atoms with Crippen LogP contribution in [0.5, 0.6) is 0 Å². The predicted molar refractivity (Wildman–Crippen MR) is 134 cm³/mol. The van der Waals surface area contributed by atoms with Crippen LogP contribution in [0.2, 0.25) is 0 Å². The van der Waals surface area contributed by atoms with Gasteiger partial charge in [-0.2, -0.15) is 0 Å². The summed E-state index contributed by atoms with van der Waals surface area (Å²) in [7, 11) is 0. The lowest BCUT2D eigenvalue weighted by atomic mass is 10.1. The molecule has 0 aliphatic rings. The van der Waals surface area contributed by atoms with Gasteiger partial charge in [-0.15, -0.1) is 0 Å². The van der Waals surface area contributed by atoms with E-state index in [-0.39, 0.29) is 12.6 Å². The summed E-state index contributed by atoms with van der Waals surface area (Å²) in [6.07, 6.45) is 0.430. The van der Waals surface area contributed by atoms with E-state index in [0.717, 1.165) is 21.2 Å². The van der Waals surface area contributed by atoms with Crippen molar-refractivity contribution >= 4 is 34.1 Å². The lowest BCUT2D eigenvalue weighted by molar-refractivity contribution is -0.114. The lowest BCUT2D eigenvalue weighted by Gasteiger charge is -2.18. The molecular weight excluding hydrogens is 450 g/mol. The minimum absolute atomic E-state index is 0.0249. The van der Waals surface area contributed by atoms with Gasteiger partial charge in [-0.25, -0.2) is 4.79 Å². The number of anilines is 1. The number of fused-ring (bicyclic) bond motifs is 1. The van der Waals surface area contributed by atoms with Crippen LogP contribution in [0.1, 0.15) is 25.0 Å². The molecule has 0 fully saturated rings. The van der Waals surface area contributed by atoms with E-state index in [1.165, 1.54) is 23.3 Å². The first-order chi connectivity index (χ1) is 16.5. The standard InChI is InChI=1S/C26H25N3O4S/c1-3-20-24(31)28-26(32)29(16-33-15-18-9-5-4-6-10-18)25(20)34-22-14-13-19-11-7-8-12-21(19)23(22)27-17(2)30/h4-14H,3,15-16H2,1-2H3,(H,27,30)(H,28,31,32). The summed E-state index contributed by atoms with van der Waals surface area (Å²) in [5.41, 5.74) is 1.14. The number of aromatic amines is 1. The highest BCUT2D eigenvalue weighted by Gasteiger charge is 2.18. The number of nitrogens with one attached hydrogen (secondary N) is 2. The molecule has 174 valence electrons. The van der Waals surface area contributed by atoms with Crippen molar-refractivity contribution in [2.24, 2.45) is 0 Å². The first-order valence-corrected chi connectivity index (χ1v) is 11.7. The van der Waals surface area contributed by atoms with Gasteiger partial charge in [-0.1, -0.05) is 79.3 Å². The second-order valence-electron chi connectivity index (χ2n) is 7.73. The molecule has 0 atom stereocenters. The van der Waals surface area contributed by atoms with Gasteiger partial charge in [0.05, 0.1) is 17.3 Å². The van der Waals surface area contributed by atoms with Crippen LogP contribution in [0.4, 0.5) is 5.69 Å². The van der Waals surface area contributed by atoms with Gasteiger partial charge in [0, 0.05) is 22.8 Å². The third kappa shape index (κ3) is 5.13. The molecule has 0 unspecified atom stereocenters. The zero-order valence-electron chi connectivity index (χ0n) is 19.0. The Labute approximate surface area is 200 Å². The van der Waals surface area contributed by atoms with Gasteiger partial charge in [0.1, 0.15) is 6.73 Å². The maximum atomic E-state index is 12.8. The monoisotopic (exact) mass is 475 g/mol. The first kappa shape index (κ1) is 23.5. The smallest absolute Gasteiger partial charge is 0.331 e. The van der Waals surface area contributed by atoms with E-state index in [1.807, 2.05) is 73.7 Å². The Hall–Kier alpha value is -3.62. The van der Waals surface area contributed by atoms with Gasteiger partial charge in [0.15, 0.2) is 0 Å². The Morgan fingerprint density at radius 3 is 2.50 bits per heavy atom. The number of hydrogen-bond donors (Lipinski definition) is 2. The Morgan fingerprint density at radius 1 is 1.03 bits per heavy atom. The number of H-pyrrole nitrogens is 1. The second kappa shape index (κ2) is 10.5. The Balaban J connectivity index is 1.76. The predicted octanol–water partition coefficient (Wildman–Crippen LogP) is 4.54. The molecule has 3 aromatic carbocycles. The van der Waals surface area contributed by atoms with Crippen molar-refractivity contribution in [1.29, 1.82) is 0 Å². The highest BCUT2D eigenvalue weighted by molar-refractivity contribution is 7.99. The molecule has 0 saturated heterocycles. The topological polar surface area (TPSA) is 93.2 Å². The van der Waals surface area contributed by atoms with Crippen LogP contribution >= 0.6 is 11.8 Å². The summed E-state index contributed by atoms with van der Waals surface area (Å²) in [6.45, 7) is 3.62. The molecule has 0 aliphatic carbocycles. The summed E-state index contributed by atoms with van der Waals surface area (Å²) in [5.74, 6) is -0.205. The van der Waals surface area contributed by atoms with Gasteiger partial charge in [-0.3, -0.25) is 19.1 Å². The second-order valence-corrected chi connectivity index (χ2v) is 8.76. The fourth-order valence-corrected chi connectivity index (χ4v) is 4.93. The van der Waals surface area contributed by atoms with Crippen LogP contribution in [-0.2, 0) is 29.3 Å². The van der Waals surface area contributed by atoms with E-state index < -0.39 is 11.2 Å². The number of aromatic nitrogens is 2. The Bertz CT molecular complexity index is 1440. The van der Waals surface area contributed by atoms with Crippen molar-refractivity contribution in [2.45, 2.75) is 43.5 Å². The van der Waals surface area contributed by atoms with Crippen molar-refractivity contribution in [3.63, 3.8) is 0 Å². The SMILES string of the molecule is CCc1c(Sc2ccc3ccccc3c2NC(C)=O)n(COCc2ccccc2)c(=O)[nH]c1=O. The van der Waals surface area contributed by atoms with Crippen LogP contribution in [0.25, 0.3) is 10.8 Å². The zero-order chi connectivity index (χ0) is 24.1. The van der Waals surface area contributed by atoms with Crippen LogP contribution in [0.15, 0.2) is 86.2 Å². The highest BCUT2D eigenvalue weighted by Crippen LogP contribution is 2.38. The quantitative estimate of drug-likeness (QED) is 0.365. The number of ether oxygens (including phenoxy) is 1. The van der Waals surface area contributed by atoms with Gasteiger partial charge in [0.2, 0.25) is 5.91 Å². The van der Waals surface area contributed by atoms with Gasteiger partial charge in [-0.05, 0) is 23.4 Å². The van der Waals surface area contributed by atoms with Crippen molar-refractivity contribution in [3.05, 3.63) is 98.7 Å². The molecule has 7 nitrogen and oxygen atoms in total. The van der Waals surface area contributed by atoms with Crippen molar-refractivity contribution in [1.82, 2.24) is 9.55 Å². The third-order valence-electron chi connectivity index (χ3n) is 5.33. The first-order valence-electron chi connectivity index (χ1n) is 10.9. The fourth-order valence-electron chi connectivity index (χ4n) is 3.71. The van der Waals surface area contributed by atoms with Crippen LogP contribution in [0, 0.1) is 0 Å². The summed E-state index contributed by atoms with van der Waals surface area (Å²) in [6, 6.07) is 21.2. The Morgan fingerprint density at radius 2 is 1.76 bits per heavy atom. The molecule has 0 radical (unpaired) electrons. The van der Waals surface area contributed by atoms with E-state index in [1.54, 1.807) is 0 Å². The van der Waals surface area contributed by atoms with Crippen LogP contribution in [-0.4, -0.2) is 15.5 Å². The number of rotatable bonds is 8. The number of nitrogens with zero attached hydrogens (tertiary/aromatic N) is 1. The van der Waals surface area contributed by atoms with Crippen molar-refractivity contribution < 1.29 is 9.53 Å². The summed E-state index contributed by atoms with van der Waals surface area (Å²) < 4.78 is 7.26. The molecule has 4 rings (SSSR count). The van der Waals surface area contributed by atoms with Crippen molar-refractivity contribution in [3.8, 4) is 0 Å². The molecule has 34 heavy (non-hydrogen) atoms. The van der Waals surface area contributed by atoms with Gasteiger partial charge in [0.25, 0.3) is 5.56 Å². The van der Waals surface area contributed by atoms with Crippen LogP contribution in [0.3, 0.4) is 0 Å². The van der Waals surface area contributed by atoms with E-state index in [4.69, 9.17) is 4.74 Å². The van der Waals surface area contributed by atoms with E-state index >= 15 is 0 Å². The molecule has 8 heteroatoms. The van der Waals surface area contributed by atoms with Gasteiger partial charge < -0.3 is 10.1 Å². The molecule has 1 heterocycles. The number of benzene rings is 3. The summed E-state index contributed by atoms with van der Waals surface area (Å²) >= 11 is 1.27. The van der Waals surface area contributed by atoms with E-state index in [9.17, 15) is 14.4 Å². The van der Waals surface area contributed by atoms with Crippen molar-refractivity contribution in [2.75, 3.05) is 5.32 Å². The minimum atomic E-state index is -0.542. The molecule has 2 N–H and O–H groups in total. The largest absolute Gasteiger partial charge is 0.356 e. The minimum Gasteiger partial charge on any atom is -0.356 e. The molecular formula is C26H25N3O4S. The van der Waals surface area contributed by atoms with Gasteiger partial charge >= 0.3 is 5.69 Å². The number of amides is 1. The number of carbonyl (C=O) groups is 1. The van der Waals surface area contributed by atoms with E-state index in [0.29, 0.717) is 29.3 Å². The molecule has 0 bridgehead atoms. The lowest BCUT2D eigenvalue weighted by Crippen LogP contribution is -2.34. The average molecular weight is 476 g/mol. The highest BCUT2D eigenvalue weighted by atomic mass is 32.2. The maximum Gasteiger partial charge on any atom is 0.331 e. The molecule has 0 saturated carbocycles. The molecule has 0 spiro atoms. The third-order valence-corrected chi connectivity index (χ3v) is 6.55. The molecule has 1 amide bonds.